The number of rotatable bonds is 6. The standard InChI is InChI=1S/C15H19FN2S/c1-18(7-6-14-3-2-8-19-14)11-13-9-12(10-17)4-5-15(13)16/h2-5,8-9H,6-7,10-11,17H2,1H3. The van der Waals surface area contributed by atoms with Crippen LogP contribution in [0.4, 0.5) is 4.39 Å². The molecule has 2 N–H and O–H groups in total. The zero-order valence-corrected chi connectivity index (χ0v) is 11.9. The molecule has 102 valence electrons. The van der Waals surface area contributed by atoms with Gasteiger partial charge in [-0.25, -0.2) is 4.39 Å². The van der Waals surface area contributed by atoms with Crippen LogP contribution in [0.5, 0.6) is 0 Å². The molecule has 0 aliphatic rings. The average molecular weight is 278 g/mol. The van der Waals surface area contributed by atoms with Gasteiger partial charge in [0.1, 0.15) is 5.82 Å². The lowest BCUT2D eigenvalue weighted by Gasteiger charge is -2.17. The van der Waals surface area contributed by atoms with Crippen molar-refractivity contribution in [3.8, 4) is 0 Å². The summed E-state index contributed by atoms with van der Waals surface area (Å²) in [6, 6.07) is 9.30. The van der Waals surface area contributed by atoms with Crippen LogP contribution in [-0.2, 0) is 19.5 Å². The van der Waals surface area contributed by atoms with E-state index in [0.717, 1.165) is 24.1 Å². The Bertz CT molecular complexity index is 511. The van der Waals surface area contributed by atoms with Crippen LogP contribution in [0, 0.1) is 5.82 Å². The molecular weight excluding hydrogens is 259 g/mol. The second kappa shape index (κ2) is 6.80. The minimum Gasteiger partial charge on any atom is -0.326 e. The highest BCUT2D eigenvalue weighted by Crippen LogP contribution is 2.14. The van der Waals surface area contributed by atoms with Crippen LogP contribution in [0.3, 0.4) is 0 Å². The number of likely N-dealkylation sites (N-methyl/N-ethyl adjacent to an activating group) is 1. The van der Waals surface area contributed by atoms with Gasteiger partial charge in [0.05, 0.1) is 0 Å². The molecule has 1 aromatic carbocycles. The maximum Gasteiger partial charge on any atom is 0.127 e. The molecule has 0 aliphatic heterocycles. The van der Waals surface area contributed by atoms with Crippen molar-refractivity contribution in [2.75, 3.05) is 13.6 Å². The summed E-state index contributed by atoms with van der Waals surface area (Å²) in [6.07, 6.45) is 1.01. The van der Waals surface area contributed by atoms with Crippen molar-refractivity contribution in [3.05, 3.63) is 57.5 Å². The topological polar surface area (TPSA) is 29.3 Å². The lowest BCUT2D eigenvalue weighted by Crippen LogP contribution is -2.21. The normalized spacial score (nSPS) is 11.2. The first-order valence-corrected chi connectivity index (χ1v) is 7.25. The fraction of sp³-hybridized carbons (Fsp3) is 0.333. The number of thiophene rings is 1. The Labute approximate surface area is 117 Å². The molecule has 2 aromatic rings. The molecule has 0 bridgehead atoms. The maximum absolute atomic E-state index is 13.7. The van der Waals surface area contributed by atoms with Crippen LogP contribution >= 0.6 is 11.3 Å². The lowest BCUT2D eigenvalue weighted by molar-refractivity contribution is 0.326. The second-order valence-corrected chi connectivity index (χ2v) is 5.73. The molecule has 0 aliphatic carbocycles. The zero-order valence-electron chi connectivity index (χ0n) is 11.1. The Balaban J connectivity index is 1.92. The van der Waals surface area contributed by atoms with E-state index in [1.54, 1.807) is 17.4 Å². The number of halogens is 1. The van der Waals surface area contributed by atoms with Crippen LogP contribution in [0.25, 0.3) is 0 Å². The minimum absolute atomic E-state index is 0.153. The van der Waals surface area contributed by atoms with Gasteiger partial charge in [0.15, 0.2) is 0 Å². The van der Waals surface area contributed by atoms with Gasteiger partial charge in [-0.3, -0.25) is 0 Å². The van der Waals surface area contributed by atoms with Gasteiger partial charge in [0.2, 0.25) is 0 Å². The summed E-state index contributed by atoms with van der Waals surface area (Å²) < 4.78 is 13.7. The molecule has 0 atom stereocenters. The van der Waals surface area contributed by atoms with Crippen molar-refractivity contribution < 1.29 is 4.39 Å². The Morgan fingerprint density at radius 2 is 2.16 bits per heavy atom. The number of benzene rings is 1. The number of hydrogen-bond acceptors (Lipinski definition) is 3. The van der Waals surface area contributed by atoms with E-state index in [9.17, 15) is 4.39 Å². The molecule has 0 saturated heterocycles. The van der Waals surface area contributed by atoms with E-state index < -0.39 is 0 Å². The average Bonchev–Trinajstić information content (AvgIpc) is 2.92. The molecule has 2 rings (SSSR count). The molecule has 1 heterocycles. The van der Waals surface area contributed by atoms with E-state index in [1.807, 2.05) is 13.1 Å². The molecule has 0 saturated carbocycles. The van der Waals surface area contributed by atoms with E-state index >= 15 is 0 Å². The highest BCUT2D eigenvalue weighted by atomic mass is 32.1. The summed E-state index contributed by atoms with van der Waals surface area (Å²) in [4.78, 5) is 3.50. The van der Waals surface area contributed by atoms with E-state index in [2.05, 4.69) is 22.4 Å². The van der Waals surface area contributed by atoms with E-state index in [4.69, 9.17) is 5.73 Å². The third-order valence-electron chi connectivity index (χ3n) is 3.11. The van der Waals surface area contributed by atoms with Gasteiger partial charge in [0, 0.05) is 30.1 Å². The van der Waals surface area contributed by atoms with Gasteiger partial charge in [-0.15, -0.1) is 11.3 Å². The number of hydrogen-bond donors (Lipinski definition) is 1. The highest BCUT2D eigenvalue weighted by molar-refractivity contribution is 7.09. The largest absolute Gasteiger partial charge is 0.326 e. The Hall–Kier alpha value is -1.23. The van der Waals surface area contributed by atoms with E-state index in [1.165, 1.54) is 10.9 Å². The number of nitrogens with zero attached hydrogens (tertiary/aromatic N) is 1. The van der Waals surface area contributed by atoms with Crippen molar-refractivity contribution >= 4 is 11.3 Å². The fourth-order valence-electron chi connectivity index (χ4n) is 2.00. The Kier molecular flexibility index (Phi) is 5.07. The minimum atomic E-state index is -0.153. The third-order valence-corrected chi connectivity index (χ3v) is 4.04. The molecule has 1 aromatic heterocycles. The van der Waals surface area contributed by atoms with Crippen molar-refractivity contribution in [3.63, 3.8) is 0 Å². The maximum atomic E-state index is 13.7. The second-order valence-electron chi connectivity index (χ2n) is 4.70. The summed E-state index contributed by atoms with van der Waals surface area (Å²) in [7, 11) is 2.02. The zero-order chi connectivity index (χ0) is 13.7. The van der Waals surface area contributed by atoms with Crippen LogP contribution < -0.4 is 5.73 Å². The monoisotopic (exact) mass is 278 g/mol. The molecule has 0 unspecified atom stereocenters. The van der Waals surface area contributed by atoms with Gasteiger partial charge in [-0.1, -0.05) is 18.2 Å². The van der Waals surface area contributed by atoms with Gasteiger partial charge < -0.3 is 10.6 Å². The van der Waals surface area contributed by atoms with Gasteiger partial charge in [0.25, 0.3) is 0 Å². The number of nitrogens with two attached hydrogens (primary N) is 1. The van der Waals surface area contributed by atoms with E-state index in [0.29, 0.717) is 13.1 Å². The first kappa shape index (κ1) is 14.2. The molecule has 0 spiro atoms. The third kappa shape index (κ3) is 4.13. The van der Waals surface area contributed by atoms with Crippen molar-refractivity contribution in [1.82, 2.24) is 4.90 Å². The molecule has 0 radical (unpaired) electrons. The Morgan fingerprint density at radius 3 is 2.84 bits per heavy atom. The van der Waals surface area contributed by atoms with E-state index in [-0.39, 0.29) is 5.82 Å². The predicted molar refractivity (Wildman–Crippen MR) is 78.6 cm³/mol. The summed E-state index contributed by atoms with van der Waals surface area (Å²) in [5, 5.41) is 2.08. The Morgan fingerprint density at radius 1 is 1.32 bits per heavy atom. The SMILES string of the molecule is CN(CCc1cccs1)Cc1cc(CN)ccc1F. The summed E-state index contributed by atoms with van der Waals surface area (Å²) >= 11 is 1.76. The summed E-state index contributed by atoms with van der Waals surface area (Å²) in [5.41, 5.74) is 7.28. The van der Waals surface area contributed by atoms with Crippen LogP contribution in [0.2, 0.25) is 0 Å². The van der Waals surface area contributed by atoms with Gasteiger partial charge in [-0.05, 0) is 36.5 Å². The first-order valence-electron chi connectivity index (χ1n) is 6.37. The molecule has 0 fully saturated rings. The molecular formula is C15H19FN2S. The molecule has 4 heteroatoms. The van der Waals surface area contributed by atoms with Crippen LogP contribution in [0.1, 0.15) is 16.0 Å². The van der Waals surface area contributed by atoms with Crippen molar-refractivity contribution in [2.45, 2.75) is 19.5 Å². The fourth-order valence-corrected chi connectivity index (χ4v) is 2.70. The molecule has 19 heavy (non-hydrogen) atoms. The highest BCUT2D eigenvalue weighted by Gasteiger charge is 2.07. The predicted octanol–water partition coefficient (Wildman–Crippen LogP) is 3.02. The van der Waals surface area contributed by atoms with Crippen molar-refractivity contribution in [2.24, 2.45) is 5.73 Å². The van der Waals surface area contributed by atoms with Crippen LogP contribution in [-0.4, -0.2) is 18.5 Å². The van der Waals surface area contributed by atoms with Gasteiger partial charge >= 0.3 is 0 Å². The summed E-state index contributed by atoms with van der Waals surface area (Å²) in [5.74, 6) is -0.153. The van der Waals surface area contributed by atoms with Crippen LogP contribution in [0.15, 0.2) is 35.7 Å². The molecule has 2 nitrogen and oxygen atoms in total. The smallest absolute Gasteiger partial charge is 0.127 e. The van der Waals surface area contributed by atoms with Crippen molar-refractivity contribution in [1.29, 1.82) is 0 Å². The van der Waals surface area contributed by atoms with Gasteiger partial charge in [-0.2, -0.15) is 0 Å². The quantitative estimate of drug-likeness (QED) is 0.880. The molecule has 0 amide bonds. The summed E-state index contributed by atoms with van der Waals surface area (Å²) in [6.45, 7) is 1.99. The lowest BCUT2D eigenvalue weighted by atomic mass is 10.1. The first-order chi connectivity index (χ1) is 9.19.